The molecule has 9 heteroatoms. The van der Waals surface area contributed by atoms with Gasteiger partial charge in [-0.3, -0.25) is 9.59 Å². The van der Waals surface area contributed by atoms with Gasteiger partial charge in [-0.2, -0.15) is 0 Å². The van der Waals surface area contributed by atoms with E-state index in [2.05, 4.69) is 15.9 Å². The predicted molar refractivity (Wildman–Crippen MR) is 114 cm³/mol. The summed E-state index contributed by atoms with van der Waals surface area (Å²) < 4.78 is 28.0. The third-order valence-corrected chi connectivity index (χ3v) is 9.38. The van der Waals surface area contributed by atoms with Gasteiger partial charge in [0.15, 0.2) is 0 Å². The van der Waals surface area contributed by atoms with Crippen LogP contribution in [0.15, 0.2) is 59.5 Å². The van der Waals surface area contributed by atoms with Crippen LogP contribution in [0.1, 0.15) is 18.9 Å². The molecule has 0 bridgehead atoms. The third kappa shape index (κ3) is 2.33. The molecule has 3 aliphatic rings. The smallest absolute Gasteiger partial charge is 0.266 e. The number of halogens is 1. The number of nitrogens with zero attached hydrogens (tertiary/aromatic N) is 3. The Labute approximate surface area is 183 Å². The first-order valence-electron chi connectivity index (χ1n) is 9.66. The molecule has 0 radical (unpaired) electrons. The Morgan fingerprint density at radius 3 is 2.33 bits per heavy atom. The number of alkyl halides is 1. The van der Waals surface area contributed by atoms with Gasteiger partial charge in [-0.05, 0) is 30.7 Å². The van der Waals surface area contributed by atoms with E-state index >= 15 is 0 Å². The lowest BCUT2D eigenvalue weighted by molar-refractivity contribution is -0.158. The van der Waals surface area contributed by atoms with E-state index in [0.29, 0.717) is 12.1 Å². The summed E-state index contributed by atoms with van der Waals surface area (Å²) in [6, 6.07) is 14.0. The number of para-hydroxylation sites is 1. The van der Waals surface area contributed by atoms with Crippen molar-refractivity contribution in [3.8, 4) is 0 Å². The fourth-order valence-corrected chi connectivity index (χ4v) is 7.72. The van der Waals surface area contributed by atoms with Crippen molar-refractivity contribution in [3.63, 3.8) is 0 Å². The molecule has 0 aromatic heterocycles. The summed E-state index contributed by atoms with van der Waals surface area (Å²) in [5.41, 5.74) is 1.29. The Bertz CT molecular complexity index is 1170. The number of piperazine rings is 1. The van der Waals surface area contributed by atoms with Crippen LogP contribution in [0.5, 0.6) is 0 Å². The van der Waals surface area contributed by atoms with Crippen LogP contribution in [-0.2, 0) is 23.9 Å². The largest absolute Gasteiger partial charge is 0.332 e. The van der Waals surface area contributed by atoms with E-state index in [9.17, 15) is 18.0 Å². The molecule has 7 nitrogen and oxygen atoms in total. The number of sulfonamides is 1. The molecule has 0 unspecified atom stereocenters. The normalized spacial score (nSPS) is 30.4. The van der Waals surface area contributed by atoms with Crippen molar-refractivity contribution >= 4 is 43.5 Å². The molecule has 3 aliphatic heterocycles. The predicted octanol–water partition coefficient (Wildman–Crippen LogP) is 2.27. The zero-order valence-corrected chi connectivity index (χ0v) is 18.8. The molecule has 0 saturated carbocycles. The topological polar surface area (TPSA) is 78.0 Å². The quantitative estimate of drug-likeness (QED) is 0.606. The van der Waals surface area contributed by atoms with Crippen molar-refractivity contribution in [2.24, 2.45) is 0 Å². The van der Waals surface area contributed by atoms with E-state index in [1.165, 1.54) is 26.2 Å². The molecule has 2 amide bonds. The zero-order chi connectivity index (χ0) is 21.4. The first-order valence-corrected chi connectivity index (χ1v) is 11.9. The van der Waals surface area contributed by atoms with E-state index in [1.54, 1.807) is 44.3 Å². The molecule has 3 heterocycles. The molecule has 0 aliphatic carbocycles. The molecule has 2 fully saturated rings. The summed E-state index contributed by atoms with van der Waals surface area (Å²) >= 11 is 3.79. The molecule has 2 saturated heterocycles. The highest BCUT2D eigenvalue weighted by molar-refractivity contribution is 9.09. The van der Waals surface area contributed by atoms with E-state index in [0.717, 1.165) is 5.56 Å². The number of hydrogen-bond acceptors (Lipinski definition) is 4. The minimum atomic E-state index is -3.98. The van der Waals surface area contributed by atoms with E-state index < -0.39 is 32.6 Å². The van der Waals surface area contributed by atoms with Crippen molar-refractivity contribution in [3.05, 3.63) is 60.2 Å². The number of amides is 2. The summed E-state index contributed by atoms with van der Waals surface area (Å²) in [7, 11) is -2.37. The van der Waals surface area contributed by atoms with Crippen molar-refractivity contribution in [1.82, 2.24) is 9.80 Å². The van der Waals surface area contributed by atoms with Crippen LogP contribution in [0.3, 0.4) is 0 Å². The molecule has 156 valence electrons. The number of anilines is 1. The van der Waals surface area contributed by atoms with E-state index in [1.807, 2.05) is 12.1 Å². The average Bonchev–Trinajstić information content (AvgIpc) is 3.19. The molecule has 0 spiro atoms. The monoisotopic (exact) mass is 489 g/mol. The number of benzene rings is 2. The van der Waals surface area contributed by atoms with Gasteiger partial charge in [0.2, 0.25) is 11.8 Å². The zero-order valence-electron chi connectivity index (χ0n) is 16.4. The summed E-state index contributed by atoms with van der Waals surface area (Å²) in [5.74, 6) is -0.431. The van der Waals surface area contributed by atoms with Crippen LogP contribution < -0.4 is 4.31 Å². The minimum absolute atomic E-state index is 0.140. The van der Waals surface area contributed by atoms with Crippen molar-refractivity contribution in [2.45, 2.75) is 40.8 Å². The fourth-order valence-electron chi connectivity index (χ4n) is 4.83. The second-order valence-corrected chi connectivity index (χ2v) is 11.2. The second-order valence-electron chi connectivity index (χ2n) is 7.96. The summed E-state index contributed by atoms with van der Waals surface area (Å²) in [6.45, 7) is 1.67. The third-order valence-electron chi connectivity index (χ3n) is 6.44. The summed E-state index contributed by atoms with van der Waals surface area (Å²) in [4.78, 5) is 29.4. The number of rotatable bonds is 2. The van der Waals surface area contributed by atoms with Gasteiger partial charge in [0.25, 0.3) is 10.0 Å². The highest BCUT2D eigenvalue weighted by Crippen LogP contribution is 2.59. The Morgan fingerprint density at radius 2 is 1.63 bits per heavy atom. The highest BCUT2D eigenvalue weighted by Gasteiger charge is 2.67. The van der Waals surface area contributed by atoms with Crippen LogP contribution in [0.4, 0.5) is 5.69 Å². The second kappa shape index (κ2) is 6.31. The Hall–Kier alpha value is -2.39. The van der Waals surface area contributed by atoms with Crippen LogP contribution in [-0.4, -0.2) is 55.3 Å². The minimum Gasteiger partial charge on any atom is -0.332 e. The van der Waals surface area contributed by atoms with Crippen molar-refractivity contribution in [2.75, 3.05) is 11.4 Å². The Kier molecular flexibility index (Phi) is 4.11. The van der Waals surface area contributed by atoms with Gasteiger partial charge < -0.3 is 9.80 Å². The van der Waals surface area contributed by atoms with Gasteiger partial charge in [-0.15, -0.1) is 0 Å². The highest BCUT2D eigenvalue weighted by atomic mass is 79.9. The Morgan fingerprint density at radius 1 is 1.00 bits per heavy atom. The maximum atomic E-state index is 13.8. The molecule has 0 N–H and O–H groups in total. The van der Waals surface area contributed by atoms with Crippen LogP contribution in [0.25, 0.3) is 0 Å². The Balaban J connectivity index is 1.74. The molecule has 2 aromatic carbocycles. The molecule has 30 heavy (non-hydrogen) atoms. The van der Waals surface area contributed by atoms with Crippen LogP contribution in [0, 0.1) is 0 Å². The van der Waals surface area contributed by atoms with Crippen molar-refractivity contribution in [1.29, 1.82) is 0 Å². The maximum Gasteiger partial charge on any atom is 0.266 e. The lowest BCUT2D eigenvalue weighted by atomic mass is 9.95. The van der Waals surface area contributed by atoms with E-state index in [-0.39, 0.29) is 16.7 Å². The van der Waals surface area contributed by atoms with Crippen molar-refractivity contribution < 1.29 is 18.0 Å². The van der Waals surface area contributed by atoms with Gasteiger partial charge in [0, 0.05) is 13.5 Å². The molecule has 5 rings (SSSR count). The lowest BCUT2D eigenvalue weighted by Crippen LogP contribution is -2.65. The average molecular weight is 490 g/mol. The van der Waals surface area contributed by atoms with Gasteiger partial charge in [-0.1, -0.05) is 52.3 Å². The first kappa shape index (κ1) is 19.6. The number of likely N-dealkylation sites (N-methyl/N-ethyl adjacent to an activating group) is 1. The summed E-state index contributed by atoms with van der Waals surface area (Å²) in [5, 5.41) is 0. The van der Waals surface area contributed by atoms with Gasteiger partial charge in [0.1, 0.15) is 18.2 Å². The molecular weight excluding hydrogens is 470 g/mol. The SMILES string of the molecule is C[C@H]1C(=O)N2[C@@H](C[C@]3(Br)c4ccccc4N(S(=O)(=O)c4ccccc4)[C@H]23)C(=O)N1C. The molecular formula is C21H20BrN3O4S. The number of fused-ring (bicyclic) bond motifs is 5. The number of carbonyl (C=O) groups is 2. The fraction of sp³-hybridized carbons (Fsp3) is 0.333. The van der Waals surface area contributed by atoms with Crippen LogP contribution >= 0.6 is 15.9 Å². The van der Waals surface area contributed by atoms with Crippen LogP contribution in [0.2, 0.25) is 0 Å². The van der Waals surface area contributed by atoms with Gasteiger partial charge in [-0.25, -0.2) is 12.7 Å². The standard InChI is InChI=1S/C21H20BrN3O4S/c1-13-18(26)24-17(19(27)23(13)2)12-21(22)15-10-6-7-11-16(15)25(20(21)24)30(28,29)14-8-4-3-5-9-14/h3-11,13,17,20H,12H2,1-2H3/t13-,17-,20-,21-/m0/s1. The van der Waals surface area contributed by atoms with E-state index in [4.69, 9.17) is 0 Å². The molecule has 2 aromatic rings. The molecule has 4 atom stereocenters. The first-order chi connectivity index (χ1) is 14.2. The number of carbonyl (C=O) groups excluding carboxylic acids is 2. The summed E-state index contributed by atoms with van der Waals surface area (Å²) in [6.07, 6.45) is -0.561. The van der Waals surface area contributed by atoms with Gasteiger partial charge in [0.05, 0.1) is 14.9 Å². The van der Waals surface area contributed by atoms with Gasteiger partial charge >= 0.3 is 0 Å². The maximum absolute atomic E-state index is 13.8. The lowest BCUT2D eigenvalue weighted by Gasteiger charge is -2.43. The number of hydrogen-bond donors (Lipinski definition) is 0.